The van der Waals surface area contributed by atoms with Crippen molar-refractivity contribution in [2.45, 2.75) is 72.0 Å². The Balaban J connectivity index is 1.91. The Kier molecular flexibility index (Phi) is 5.35. The second-order valence-corrected chi connectivity index (χ2v) is 7.44. The number of para-hydroxylation sites is 1. The molecule has 0 aliphatic carbocycles. The van der Waals surface area contributed by atoms with Crippen LogP contribution in [0.15, 0.2) is 28.8 Å². The summed E-state index contributed by atoms with van der Waals surface area (Å²) in [5.74, 6) is 0.899. The second-order valence-electron chi connectivity index (χ2n) is 7.44. The Morgan fingerprint density at radius 2 is 2.12 bits per heavy atom. The number of carbonyl (C=O) groups excluding carboxylic acids is 1. The van der Waals surface area contributed by atoms with Crippen molar-refractivity contribution < 1.29 is 9.32 Å². The zero-order valence-electron chi connectivity index (χ0n) is 16.4. The van der Waals surface area contributed by atoms with Crippen LogP contribution < -0.4 is 10.2 Å². The first-order valence-electron chi connectivity index (χ1n) is 9.50. The third kappa shape index (κ3) is 3.48. The maximum Gasteiger partial charge on any atom is 0.227 e. The third-order valence-corrected chi connectivity index (χ3v) is 5.56. The van der Waals surface area contributed by atoms with Gasteiger partial charge in [0.2, 0.25) is 5.91 Å². The summed E-state index contributed by atoms with van der Waals surface area (Å²) >= 11 is 0. The topological polar surface area (TPSA) is 58.4 Å². The Morgan fingerprint density at radius 1 is 1.38 bits per heavy atom. The predicted molar refractivity (Wildman–Crippen MR) is 103 cm³/mol. The smallest absolute Gasteiger partial charge is 0.227 e. The highest BCUT2D eigenvalue weighted by Gasteiger charge is 2.34. The summed E-state index contributed by atoms with van der Waals surface area (Å²) < 4.78 is 5.33. The van der Waals surface area contributed by atoms with Crippen molar-refractivity contribution in [2.24, 2.45) is 0 Å². The number of fused-ring (bicyclic) bond motifs is 1. The molecule has 0 bridgehead atoms. The summed E-state index contributed by atoms with van der Waals surface area (Å²) in [6.45, 7) is 11.0. The molecule has 0 fully saturated rings. The molecule has 2 aromatic rings. The summed E-state index contributed by atoms with van der Waals surface area (Å²) in [5.41, 5.74) is 4.31. The number of nitrogens with zero attached hydrogens (tertiary/aromatic N) is 2. The average Bonchev–Trinajstić information content (AvgIpc) is 2.95. The SMILES string of the molecule is CC[C@H](C)NC(=O)[C@@H]1C[C@H](C)N(Cc2c(C)noc2C)c2ccccc21. The van der Waals surface area contributed by atoms with E-state index in [9.17, 15) is 4.79 Å². The van der Waals surface area contributed by atoms with Gasteiger partial charge in [-0.2, -0.15) is 0 Å². The zero-order chi connectivity index (χ0) is 18.8. The molecule has 2 heterocycles. The van der Waals surface area contributed by atoms with Crippen LogP contribution in [0.5, 0.6) is 0 Å². The first-order chi connectivity index (χ1) is 12.4. The predicted octanol–water partition coefficient (Wildman–Crippen LogP) is 4.09. The Hall–Kier alpha value is -2.30. The van der Waals surface area contributed by atoms with Gasteiger partial charge in [0.05, 0.1) is 11.6 Å². The largest absolute Gasteiger partial charge is 0.364 e. The van der Waals surface area contributed by atoms with Gasteiger partial charge in [0.25, 0.3) is 0 Å². The molecule has 0 unspecified atom stereocenters. The molecule has 1 aliphatic heterocycles. The molecule has 5 heteroatoms. The molecule has 1 amide bonds. The van der Waals surface area contributed by atoms with Crippen molar-refractivity contribution >= 4 is 11.6 Å². The lowest BCUT2D eigenvalue weighted by molar-refractivity contribution is -0.123. The molecule has 1 aromatic carbocycles. The van der Waals surface area contributed by atoms with Gasteiger partial charge >= 0.3 is 0 Å². The number of aromatic nitrogens is 1. The molecule has 5 nitrogen and oxygen atoms in total. The number of amides is 1. The third-order valence-electron chi connectivity index (χ3n) is 5.56. The van der Waals surface area contributed by atoms with Gasteiger partial charge in [-0.25, -0.2) is 0 Å². The van der Waals surface area contributed by atoms with Gasteiger partial charge in [0.1, 0.15) is 5.76 Å². The van der Waals surface area contributed by atoms with Crippen molar-refractivity contribution in [3.8, 4) is 0 Å². The molecule has 3 atom stereocenters. The van der Waals surface area contributed by atoms with E-state index in [1.807, 2.05) is 26.0 Å². The minimum Gasteiger partial charge on any atom is -0.364 e. The molecule has 3 rings (SSSR count). The molecule has 0 spiro atoms. The molecule has 1 aliphatic rings. The molecule has 140 valence electrons. The van der Waals surface area contributed by atoms with Crippen LogP contribution in [0.2, 0.25) is 0 Å². The number of hydrogen-bond donors (Lipinski definition) is 1. The van der Waals surface area contributed by atoms with Crippen molar-refractivity contribution in [1.82, 2.24) is 10.5 Å². The lowest BCUT2D eigenvalue weighted by Gasteiger charge is -2.40. The summed E-state index contributed by atoms with van der Waals surface area (Å²) in [4.78, 5) is 15.2. The van der Waals surface area contributed by atoms with Gasteiger partial charge in [0.15, 0.2) is 0 Å². The molecule has 0 radical (unpaired) electrons. The van der Waals surface area contributed by atoms with Crippen LogP contribution in [0.4, 0.5) is 5.69 Å². The lowest BCUT2D eigenvalue weighted by Crippen LogP contribution is -2.44. The van der Waals surface area contributed by atoms with Gasteiger partial charge in [0, 0.05) is 29.9 Å². The summed E-state index contributed by atoms with van der Waals surface area (Å²) in [5, 5.41) is 7.24. The molecular weight excluding hydrogens is 326 g/mol. The minimum absolute atomic E-state index is 0.101. The van der Waals surface area contributed by atoms with Crippen LogP contribution in [-0.4, -0.2) is 23.1 Å². The average molecular weight is 355 g/mol. The van der Waals surface area contributed by atoms with E-state index in [-0.39, 0.29) is 23.9 Å². The molecule has 0 saturated carbocycles. The molecule has 1 N–H and O–H groups in total. The van der Waals surface area contributed by atoms with Crippen LogP contribution in [-0.2, 0) is 11.3 Å². The van der Waals surface area contributed by atoms with Crippen molar-refractivity contribution in [3.63, 3.8) is 0 Å². The second kappa shape index (κ2) is 7.52. The molecule has 1 aromatic heterocycles. The highest BCUT2D eigenvalue weighted by atomic mass is 16.5. The van der Waals surface area contributed by atoms with Gasteiger partial charge in [-0.05, 0) is 52.2 Å². The highest BCUT2D eigenvalue weighted by Crippen LogP contribution is 2.39. The van der Waals surface area contributed by atoms with Gasteiger partial charge in [-0.15, -0.1) is 0 Å². The fraction of sp³-hybridized carbons (Fsp3) is 0.524. The first kappa shape index (κ1) is 18.5. The van der Waals surface area contributed by atoms with E-state index >= 15 is 0 Å². The Labute approximate surface area is 155 Å². The fourth-order valence-corrected chi connectivity index (χ4v) is 3.71. The standard InChI is InChI=1S/C21H29N3O2/c1-6-13(2)22-21(25)18-11-14(3)24(20-10-8-7-9-17(18)20)12-19-15(4)23-26-16(19)5/h7-10,13-14,18H,6,11-12H2,1-5H3,(H,22,25)/t13-,14-,18+/m0/s1. The zero-order valence-corrected chi connectivity index (χ0v) is 16.4. The maximum atomic E-state index is 12.9. The van der Waals surface area contributed by atoms with E-state index in [1.54, 1.807) is 0 Å². The first-order valence-corrected chi connectivity index (χ1v) is 9.50. The van der Waals surface area contributed by atoms with Gasteiger partial charge < -0.3 is 14.7 Å². The van der Waals surface area contributed by atoms with Gasteiger partial charge in [-0.1, -0.05) is 30.3 Å². The van der Waals surface area contributed by atoms with Gasteiger partial charge in [-0.3, -0.25) is 4.79 Å². The molecular formula is C21H29N3O2. The van der Waals surface area contributed by atoms with Crippen LogP contribution >= 0.6 is 0 Å². The number of benzene rings is 1. The lowest BCUT2D eigenvalue weighted by atomic mass is 9.85. The van der Waals surface area contributed by atoms with E-state index in [0.717, 1.165) is 47.7 Å². The highest BCUT2D eigenvalue weighted by molar-refractivity contribution is 5.87. The Morgan fingerprint density at radius 3 is 2.77 bits per heavy atom. The van der Waals surface area contributed by atoms with Crippen LogP contribution in [0, 0.1) is 13.8 Å². The summed E-state index contributed by atoms with van der Waals surface area (Å²) in [6.07, 6.45) is 1.75. The summed E-state index contributed by atoms with van der Waals surface area (Å²) in [6, 6.07) is 8.72. The van der Waals surface area contributed by atoms with Crippen molar-refractivity contribution in [2.75, 3.05) is 4.90 Å². The monoisotopic (exact) mass is 355 g/mol. The van der Waals surface area contributed by atoms with Crippen LogP contribution in [0.25, 0.3) is 0 Å². The fourth-order valence-electron chi connectivity index (χ4n) is 3.71. The van der Waals surface area contributed by atoms with E-state index < -0.39 is 0 Å². The van der Waals surface area contributed by atoms with E-state index in [1.165, 1.54) is 0 Å². The van der Waals surface area contributed by atoms with Crippen LogP contribution in [0.1, 0.15) is 62.1 Å². The number of aryl methyl sites for hydroxylation is 2. The van der Waals surface area contributed by atoms with Crippen LogP contribution in [0.3, 0.4) is 0 Å². The number of hydrogen-bond acceptors (Lipinski definition) is 4. The van der Waals surface area contributed by atoms with E-state index in [0.29, 0.717) is 0 Å². The number of nitrogens with one attached hydrogen (secondary N) is 1. The molecule has 26 heavy (non-hydrogen) atoms. The normalized spacial score (nSPS) is 20.6. The number of rotatable bonds is 5. The quantitative estimate of drug-likeness (QED) is 0.878. The van der Waals surface area contributed by atoms with E-state index in [4.69, 9.17) is 4.52 Å². The van der Waals surface area contributed by atoms with Crippen molar-refractivity contribution in [3.05, 3.63) is 46.8 Å². The van der Waals surface area contributed by atoms with E-state index in [2.05, 4.69) is 48.3 Å². The molecule has 0 saturated heterocycles. The maximum absolute atomic E-state index is 12.9. The summed E-state index contributed by atoms with van der Waals surface area (Å²) in [7, 11) is 0. The number of carbonyl (C=O) groups is 1. The van der Waals surface area contributed by atoms with Crippen molar-refractivity contribution in [1.29, 1.82) is 0 Å². The number of anilines is 1. The Bertz CT molecular complexity index is 764. The minimum atomic E-state index is -0.101.